The number of halogens is 4. The lowest BCUT2D eigenvalue weighted by atomic mass is 10.1. The summed E-state index contributed by atoms with van der Waals surface area (Å²) >= 11 is 11.9. The SMILES string of the molecule is Cc1cc(C(=O)COC(=O)/C=C/c2ccc(Cl)cc2Cl)c(C)n1-c1ccc(OC(F)F)cc1. The van der Waals surface area contributed by atoms with E-state index in [4.69, 9.17) is 27.9 Å². The molecule has 0 bridgehead atoms. The molecule has 0 fully saturated rings. The van der Waals surface area contributed by atoms with Crippen LogP contribution in [0.15, 0.2) is 54.6 Å². The van der Waals surface area contributed by atoms with E-state index < -0.39 is 19.2 Å². The summed E-state index contributed by atoms with van der Waals surface area (Å²) in [4.78, 5) is 24.7. The van der Waals surface area contributed by atoms with Crippen molar-refractivity contribution in [2.45, 2.75) is 20.5 Å². The third-order valence-corrected chi connectivity index (χ3v) is 5.32. The van der Waals surface area contributed by atoms with Gasteiger partial charge in [-0.25, -0.2) is 4.79 Å². The summed E-state index contributed by atoms with van der Waals surface area (Å²) in [5.41, 5.74) is 3.02. The molecule has 5 nitrogen and oxygen atoms in total. The molecule has 33 heavy (non-hydrogen) atoms. The Labute approximate surface area is 199 Å². The van der Waals surface area contributed by atoms with E-state index in [2.05, 4.69) is 4.74 Å². The van der Waals surface area contributed by atoms with Crippen molar-refractivity contribution in [1.82, 2.24) is 4.57 Å². The van der Waals surface area contributed by atoms with Gasteiger partial charge in [0.1, 0.15) is 5.75 Å². The molecule has 3 aromatic rings. The first-order valence-corrected chi connectivity index (χ1v) is 10.5. The van der Waals surface area contributed by atoms with Crippen molar-refractivity contribution in [2.75, 3.05) is 6.61 Å². The fourth-order valence-corrected chi connectivity index (χ4v) is 3.75. The predicted molar refractivity (Wildman–Crippen MR) is 123 cm³/mol. The van der Waals surface area contributed by atoms with Crippen molar-refractivity contribution in [3.8, 4) is 11.4 Å². The standard InChI is InChI=1S/C24H19Cl2F2NO4/c1-14-11-20(15(2)29(14)18-6-8-19(9-7-18)33-24(27)28)22(30)13-32-23(31)10-4-16-3-5-17(25)12-21(16)26/h3-12,24H,13H2,1-2H3/b10-4+. The van der Waals surface area contributed by atoms with E-state index in [0.717, 1.165) is 5.69 Å². The maximum atomic E-state index is 12.7. The normalized spacial score (nSPS) is 11.2. The summed E-state index contributed by atoms with van der Waals surface area (Å²) < 4.78 is 35.9. The topological polar surface area (TPSA) is 57.5 Å². The van der Waals surface area contributed by atoms with Crippen molar-refractivity contribution in [3.63, 3.8) is 0 Å². The highest BCUT2D eigenvalue weighted by Crippen LogP contribution is 2.24. The van der Waals surface area contributed by atoms with E-state index in [-0.39, 0.29) is 11.5 Å². The van der Waals surface area contributed by atoms with Gasteiger partial charge in [-0.15, -0.1) is 0 Å². The average molecular weight is 494 g/mol. The van der Waals surface area contributed by atoms with Crippen LogP contribution in [-0.4, -0.2) is 29.5 Å². The van der Waals surface area contributed by atoms with Gasteiger partial charge in [0.15, 0.2) is 6.61 Å². The number of hydrogen-bond acceptors (Lipinski definition) is 4. The van der Waals surface area contributed by atoms with E-state index in [9.17, 15) is 18.4 Å². The van der Waals surface area contributed by atoms with E-state index in [1.807, 2.05) is 0 Å². The molecule has 1 heterocycles. The maximum absolute atomic E-state index is 12.7. The van der Waals surface area contributed by atoms with Crippen molar-refractivity contribution in [1.29, 1.82) is 0 Å². The number of alkyl halides is 2. The maximum Gasteiger partial charge on any atom is 0.387 e. The van der Waals surface area contributed by atoms with Gasteiger partial charge in [-0.2, -0.15) is 8.78 Å². The van der Waals surface area contributed by atoms with E-state index in [1.54, 1.807) is 54.8 Å². The van der Waals surface area contributed by atoms with Gasteiger partial charge in [0.2, 0.25) is 5.78 Å². The Morgan fingerprint density at radius 2 is 1.76 bits per heavy atom. The first-order chi connectivity index (χ1) is 15.7. The van der Waals surface area contributed by atoms with Crippen LogP contribution in [0.25, 0.3) is 11.8 Å². The highest BCUT2D eigenvalue weighted by atomic mass is 35.5. The minimum Gasteiger partial charge on any atom is -0.454 e. The van der Waals surface area contributed by atoms with Gasteiger partial charge in [-0.3, -0.25) is 4.79 Å². The number of nitrogens with zero attached hydrogens (tertiary/aromatic N) is 1. The second-order valence-electron chi connectivity index (χ2n) is 7.02. The molecule has 2 aromatic carbocycles. The number of benzene rings is 2. The van der Waals surface area contributed by atoms with Crippen LogP contribution in [0.3, 0.4) is 0 Å². The fraction of sp³-hybridized carbons (Fsp3) is 0.167. The number of Topliss-reactive ketones (excluding diaryl/α,β-unsaturated/α-hetero) is 1. The Hall–Kier alpha value is -3.16. The molecule has 9 heteroatoms. The average Bonchev–Trinajstić information content (AvgIpc) is 3.05. The van der Waals surface area contributed by atoms with Gasteiger partial charge in [0.25, 0.3) is 0 Å². The summed E-state index contributed by atoms with van der Waals surface area (Å²) in [6, 6.07) is 12.6. The van der Waals surface area contributed by atoms with Crippen LogP contribution in [0, 0.1) is 13.8 Å². The molecule has 0 radical (unpaired) electrons. The molecular formula is C24H19Cl2F2NO4. The van der Waals surface area contributed by atoms with Gasteiger partial charge in [0, 0.05) is 38.8 Å². The smallest absolute Gasteiger partial charge is 0.387 e. The number of carbonyl (C=O) groups excluding carboxylic acids is 2. The molecule has 3 rings (SSSR count). The molecule has 0 aliphatic carbocycles. The number of carbonyl (C=O) groups is 2. The Bertz CT molecular complexity index is 1200. The number of rotatable bonds is 8. The van der Waals surface area contributed by atoms with Crippen LogP contribution in [0.2, 0.25) is 10.0 Å². The lowest BCUT2D eigenvalue weighted by Gasteiger charge is -2.11. The Morgan fingerprint density at radius 3 is 2.39 bits per heavy atom. The van der Waals surface area contributed by atoms with Gasteiger partial charge >= 0.3 is 12.6 Å². The second-order valence-corrected chi connectivity index (χ2v) is 7.87. The van der Waals surface area contributed by atoms with Gasteiger partial charge in [-0.05, 0) is 68.0 Å². The molecule has 0 N–H and O–H groups in total. The number of esters is 1. The molecule has 0 saturated carbocycles. The molecule has 0 aliphatic rings. The van der Waals surface area contributed by atoms with Crippen molar-refractivity contribution < 1.29 is 27.8 Å². The molecular weight excluding hydrogens is 475 g/mol. The highest BCUT2D eigenvalue weighted by Gasteiger charge is 2.18. The molecule has 0 atom stereocenters. The van der Waals surface area contributed by atoms with Crippen LogP contribution >= 0.6 is 23.2 Å². The molecule has 172 valence electrons. The van der Waals surface area contributed by atoms with Crippen LogP contribution in [0.1, 0.15) is 27.3 Å². The molecule has 1 aromatic heterocycles. The van der Waals surface area contributed by atoms with Crippen molar-refractivity contribution in [3.05, 3.63) is 87.2 Å². The highest BCUT2D eigenvalue weighted by molar-refractivity contribution is 6.35. The molecule has 0 amide bonds. The minimum atomic E-state index is -2.91. The monoisotopic (exact) mass is 493 g/mol. The number of ketones is 1. The number of aryl methyl sites for hydroxylation is 1. The lowest BCUT2D eigenvalue weighted by molar-refractivity contribution is -0.136. The second kappa shape index (κ2) is 10.6. The summed E-state index contributed by atoms with van der Waals surface area (Å²) in [7, 11) is 0. The quantitative estimate of drug-likeness (QED) is 0.206. The first kappa shape index (κ1) is 24.5. The third-order valence-electron chi connectivity index (χ3n) is 4.76. The molecule has 0 spiro atoms. The third kappa shape index (κ3) is 6.21. The zero-order valence-electron chi connectivity index (χ0n) is 17.7. The lowest BCUT2D eigenvalue weighted by Crippen LogP contribution is -2.13. The van der Waals surface area contributed by atoms with Gasteiger partial charge in [-0.1, -0.05) is 29.3 Å². The summed E-state index contributed by atoms with van der Waals surface area (Å²) in [6.07, 6.45) is 2.65. The molecule has 0 saturated heterocycles. The van der Waals surface area contributed by atoms with Gasteiger partial charge in [0.05, 0.1) is 0 Å². The largest absolute Gasteiger partial charge is 0.454 e. The number of aromatic nitrogens is 1. The number of hydrogen-bond donors (Lipinski definition) is 0. The van der Waals surface area contributed by atoms with E-state index in [0.29, 0.717) is 32.6 Å². The Morgan fingerprint density at radius 1 is 1.06 bits per heavy atom. The van der Waals surface area contributed by atoms with Gasteiger partial charge < -0.3 is 14.0 Å². The fourth-order valence-electron chi connectivity index (χ4n) is 3.28. The molecule has 0 unspecified atom stereocenters. The number of ether oxygens (including phenoxy) is 2. The summed E-state index contributed by atoms with van der Waals surface area (Å²) in [5.74, 6) is -1.04. The summed E-state index contributed by atoms with van der Waals surface area (Å²) in [6.45, 7) is 0.200. The van der Waals surface area contributed by atoms with E-state index in [1.165, 1.54) is 24.3 Å². The molecule has 0 aliphatic heterocycles. The predicted octanol–water partition coefficient (Wildman–Crippen LogP) is 6.44. The van der Waals surface area contributed by atoms with Crippen LogP contribution in [0.4, 0.5) is 8.78 Å². The summed E-state index contributed by atoms with van der Waals surface area (Å²) in [5, 5.41) is 0.851. The van der Waals surface area contributed by atoms with E-state index >= 15 is 0 Å². The van der Waals surface area contributed by atoms with Crippen LogP contribution in [0.5, 0.6) is 5.75 Å². The minimum absolute atomic E-state index is 0.0346. The zero-order chi connectivity index (χ0) is 24.1. The van der Waals surface area contributed by atoms with Crippen LogP contribution < -0.4 is 4.74 Å². The Balaban J connectivity index is 1.67. The zero-order valence-corrected chi connectivity index (χ0v) is 19.2. The van der Waals surface area contributed by atoms with Crippen molar-refractivity contribution in [2.24, 2.45) is 0 Å². The van der Waals surface area contributed by atoms with Crippen molar-refractivity contribution >= 4 is 41.0 Å². The Kier molecular flexibility index (Phi) is 7.89. The van der Waals surface area contributed by atoms with Crippen LogP contribution in [-0.2, 0) is 9.53 Å². The first-order valence-electron chi connectivity index (χ1n) is 9.73.